The monoisotopic (exact) mass is 220 g/mol. The fourth-order valence-corrected chi connectivity index (χ4v) is 1.33. The van der Waals surface area contributed by atoms with Gasteiger partial charge in [-0.3, -0.25) is 0 Å². The van der Waals surface area contributed by atoms with Crippen LogP contribution in [0.25, 0.3) is 6.08 Å². The van der Waals surface area contributed by atoms with Crippen molar-refractivity contribution in [2.75, 3.05) is 0 Å². The van der Waals surface area contributed by atoms with Gasteiger partial charge in [-0.1, -0.05) is 43.0 Å². The molecule has 0 fully saturated rings. The Morgan fingerprint density at radius 3 is 2.00 bits per heavy atom. The minimum absolute atomic E-state index is 0.829. The van der Waals surface area contributed by atoms with Gasteiger partial charge in [-0.05, 0) is 29.8 Å². The molecule has 0 bridgehead atoms. The van der Waals surface area contributed by atoms with Gasteiger partial charge in [-0.25, -0.2) is 0 Å². The van der Waals surface area contributed by atoms with Crippen LogP contribution in [-0.4, -0.2) is 6.01 Å². The lowest BCUT2D eigenvalue weighted by Crippen LogP contribution is -1.69. The maximum absolute atomic E-state index is 4.13. The predicted octanol–water partition coefficient (Wildman–Crippen LogP) is 4.47. The Kier molecular flexibility index (Phi) is 3.64. The Hall–Kier alpha value is -2.44. The Balaban J connectivity index is 2.14. The summed E-state index contributed by atoms with van der Waals surface area (Å²) in [5.74, 6) is 0. The molecule has 2 aromatic carbocycles. The summed E-state index contributed by atoms with van der Waals surface area (Å²) >= 11 is 0. The molecule has 0 aliphatic rings. The van der Waals surface area contributed by atoms with Crippen LogP contribution in [0, 0.1) is 0 Å². The molecule has 0 saturated carbocycles. The van der Waals surface area contributed by atoms with Crippen LogP contribution in [0.2, 0.25) is 0 Å². The zero-order valence-electron chi connectivity index (χ0n) is 9.38. The van der Waals surface area contributed by atoms with Crippen molar-refractivity contribution in [1.29, 1.82) is 0 Å². The van der Waals surface area contributed by atoms with E-state index in [1.54, 1.807) is 6.08 Å². The van der Waals surface area contributed by atoms with Crippen LogP contribution >= 0.6 is 0 Å². The molecule has 2 nitrogen and oxygen atoms in total. The van der Waals surface area contributed by atoms with Crippen molar-refractivity contribution >= 4 is 23.5 Å². The molecule has 0 N–H and O–H groups in total. The van der Waals surface area contributed by atoms with E-state index in [9.17, 15) is 0 Å². The quantitative estimate of drug-likeness (QED) is 0.682. The molecule has 17 heavy (non-hydrogen) atoms. The van der Waals surface area contributed by atoms with Crippen LogP contribution in [0.3, 0.4) is 0 Å². The number of para-hydroxylation sites is 1. The van der Waals surface area contributed by atoms with E-state index >= 15 is 0 Å². The number of benzene rings is 2. The Morgan fingerprint density at radius 1 is 0.824 bits per heavy atom. The molecule has 0 aromatic heterocycles. The summed E-state index contributed by atoms with van der Waals surface area (Å²) in [6.07, 6.45) is 1.80. The van der Waals surface area contributed by atoms with E-state index in [2.05, 4.69) is 22.6 Å². The van der Waals surface area contributed by atoms with Gasteiger partial charge in [-0.2, -0.15) is 9.98 Å². The van der Waals surface area contributed by atoms with E-state index in [4.69, 9.17) is 0 Å². The van der Waals surface area contributed by atoms with Crippen LogP contribution in [0.5, 0.6) is 0 Å². The van der Waals surface area contributed by atoms with Crippen molar-refractivity contribution in [3.63, 3.8) is 0 Å². The first-order valence-electron chi connectivity index (χ1n) is 5.32. The van der Waals surface area contributed by atoms with Crippen molar-refractivity contribution in [3.8, 4) is 0 Å². The number of hydrogen-bond donors (Lipinski definition) is 0. The second kappa shape index (κ2) is 5.59. The summed E-state index contributed by atoms with van der Waals surface area (Å²) in [4.78, 5) is 8.23. The van der Waals surface area contributed by atoms with Crippen molar-refractivity contribution in [2.24, 2.45) is 9.98 Å². The van der Waals surface area contributed by atoms with Crippen molar-refractivity contribution in [2.45, 2.75) is 0 Å². The van der Waals surface area contributed by atoms with Crippen LogP contribution in [0.4, 0.5) is 11.4 Å². The average Bonchev–Trinajstić information content (AvgIpc) is 2.41. The first kappa shape index (κ1) is 11.1. The van der Waals surface area contributed by atoms with Crippen LogP contribution in [0.1, 0.15) is 5.56 Å². The highest BCUT2D eigenvalue weighted by atomic mass is 14.8. The third kappa shape index (κ3) is 3.26. The van der Waals surface area contributed by atoms with Gasteiger partial charge in [-0.15, -0.1) is 0 Å². The molecule has 0 atom stereocenters. The van der Waals surface area contributed by atoms with Gasteiger partial charge in [0, 0.05) is 0 Å². The topological polar surface area (TPSA) is 24.7 Å². The van der Waals surface area contributed by atoms with Gasteiger partial charge in [0.15, 0.2) is 0 Å². The molecule has 0 amide bonds. The lowest BCUT2D eigenvalue weighted by molar-refractivity contribution is 1.49. The summed E-state index contributed by atoms with van der Waals surface area (Å²) in [6, 6.07) is 20.0. The maximum atomic E-state index is 4.13. The highest BCUT2D eigenvalue weighted by Gasteiger charge is 1.87. The van der Waals surface area contributed by atoms with Gasteiger partial charge >= 0.3 is 0 Å². The minimum Gasteiger partial charge on any atom is -0.188 e. The molecule has 0 saturated heterocycles. The number of rotatable bonds is 3. The first-order chi connectivity index (χ1) is 8.38. The van der Waals surface area contributed by atoms with Crippen molar-refractivity contribution < 1.29 is 0 Å². The van der Waals surface area contributed by atoms with Gasteiger partial charge in [0.05, 0.1) is 11.4 Å². The fourth-order valence-electron chi connectivity index (χ4n) is 1.33. The van der Waals surface area contributed by atoms with E-state index in [0.717, 1.165) is 16.9 Å². The summed E-state index contributed by atoms with van der Waals surface area (Å²) in [5.41, 5.74) is 2.75. The Labute approximate surface area is 101 Å². The average molecular weight is 220 g/mol. The van der Waals surface area contributed by atoms with Crippen LogP contribution < -0.4 is 0 Å². The lowest BCUT2D eigenvalue weighted by Gasteiger charge is -1.92. The molecular formula is C15H12N2. The van der Waals surface area contributed by atoms with E-state index < -0.39 is 0 Å². The van der Waals surface area contributed by atoms with Gasteiger partial charge in [0.1, 0.15) is 6.01 Å². The molecule has 2 rings (SSSR count). The number of nitrogens with zero attached hydrogens (tertiary/aromatic N) is 2. The summed E-state index contributed by atoms with van der Waals surface area (Å²) in [5, 5.41) is 0. The van der Waals surface area contributed by atoms with E-state index in [0.29, 0.717) is 0 Å². The highest BCUT2D eigenvalue weighted by molar-refractivity contribution is 5.59. The van der Waals surface area contributed by atoms with E-state index in [1.807, 2.05) is 54.6 Å². The van der Waals surface area contributed by atoms with Crippen LogP contribution in [-0.2, 0) is 0 Å². The van der Waals surface area contributed by atoms with Gasteiger partial charge < -0.3 is 0 Å². The summed E-state index contributed by atoms with van der Waals surface area (Å²) in [6.45, 7) is 3.70. The standard InChI is InChI=1S/C15H12N2/c1-2-13-8-10-15(11-9-13)17-12-16-14-6-4-3-5-7-14/h2-11H,1H2. The second-order valence-corrected chi connectivity index (χ2v) is 3.45. The SMILES string of the molecule is C=Cc1ccc(N=C=Nc2ccccc2)cc1. The summed E-state index contributed by atoms with van der Waals surface area (Å²) in [7, 11) is 0. The molecular weight excluding hydrogens is 208 g/mol. The lowest BCUT2D eigenvalue weighted by atomic mass is 10.2. The molecule has 82 valence electrons. The Morgan fingerprint density at radius 2 is 1.41 bits per heavy atom. The zero-order valence-corrected chi connectivity index (χ0v) is 9.38. The molecule has 0 aliphatic carbocycles. The molecule has 2 heteroatoms. The third-order valence-corrected chi connectivity index (χ3v) is 2.24. The molecule has 0 unspecified atom stereocenters. The molecule has 2 aromatic rings. The zero-order chi connectivity index (χ0) is 11.9. The van der Waals surface area contributed by atoms with E-state index in [-0.39, 0.29) is 0 Å². The largest absolute Gasteiger partial charge is 0.188 e. The van der Waals surface area contributed by atoms with E-state index in [1.165, 1.54) is 0 Å². The predicted molar refractivity (Wildman–Crippen MR) is 72.2 cm³/mol. The van der Waals surface area contributed by atoms with Crippen LogP contribution in [0.15, 0.2) is 71.2 Å². The van der Waals surface area contributed by atoms with Crippen molar-refractivity contribution in [1.82, 2.24) is 0 Å². The smallest absolute Gasteiger partial charge is 0.100 e. The Bertz CT molecular complexity index is 547. The molecule has 0 spiro atoms. The number of aliphatic imine (C=N–C) groups is 2. The first-order valence-corrected chi connectivity index (χ1v) is 5.32. The molecule has 0 radical (unpaired) electrons. The summed E-state index contributed by atoms with van der Waals surface area (Å²) < 4.78 is 0. The van der Waals surface area contributed by atoms with Gasteiger partial charge in [0.25, 0.3) is 0 Å². The third-order valence-electron chi connectivity index (χ3n) is 2.24. The normalized spacial score (nSPS) is 9.18. The maximum Gasteiger partial charge on any atom is 0.100 e. The highest BCUT2D eigenvalue weighted by Crippen LogP contribution is 2.13. The van der Waals surface area contributed by atoms with Gasteiger partial charge in [0.2, 0.25) is 0 Å². The molecule has 0 aliphatic heterocycles. The number of hydrogen-bond acceptors (Lipinski definition) is 2. The molecule has 0 heterocycles. The second-order valence-electron chi connectivity index (χ2n) is 3.45. The van der Waals surface area contributed by atoms with Crippen molar-refractivity contribution in [3.05, 3.63) is 66.7 Å². The fraction of sp³-hybridized carbons (Fsp3) is 0. The minimum atomic E-state index is 0.829.